The van der Waals surface area contributed by atoms with E-state index in [0.717, 1.165) is 50.2 Å². The molecular weight excluding hydrogens is 478 g/mol. The molecule has 2 aliphatic heterocycles. The molecule has 4 aliphatic rings. The molecule has 4 fully saturated rings. The predicted octanol–water partition coefficient (Wildman–Crippen LogP) is 0.806. The molecule has 0 bridgehead atoms. The molecule has 4 rings (SSSR count). The standard InChI is InChI=1S/C24H42ClN3O5S/c1-12(25)18(22-20(30)19(29)21(31)24(33-22)34-2)28-23(32)16-6-5-13(7-9-27-16)4-3-8-26-17-11-14-10-15(14)17/h12-22,24,26-27,29-31H,3-11H2,1-2H3,(H,28,32)/t12-,13-,14?,15?,16-,17?,18+,19?,20?,21+,22+,24?/m0/s1. The largest absolute Gasteiger partial charge is 0.388 e. The number of ether oxygens (including phenoxy) is 1. The van der Waals surface area contributed by atoms with E-state index in [2.05, 4.69) is 16.0 Å². The third-order valence-electron chi connectivity index (χ3n) is 8.37. The number of fused-ring (bicyclic) bond motifs is 1. The molecule has 10 heteroatoms. The highest BCUT2D eigenvalue weighted by Gasteiger charge is 2.53. The van der Waals surface area contributed by atoms with Gasteiger partial charge in [-0.15, -0.1) is 23.4 Å². The molecule has 34 heavy (non-hydrogen) atoms. The van der Waals surface area contributed by atoms with E-state index in [4.69, 9.17) is 16.3 Å². The summed E-state index contributed by atoms with van der Waals surface area (Å²) in [6.45, 7) is 3.62. The molecule has 196 valence electrons. The zero-order valence-electron chi connectivity index (χ0n) is 20.2. The Labute approximate surface area is 212 Å². The third-order valence-corrected chi connectivity index (χ3v) is 9.49. The van der Waals surface area contributed by atoms with Crippen molar-refractivity contribution in [3.05, 3.63) is 0 Å². The van der Waals surface area contributed by atoms with E-state index < -0.39 is 41.3 Å². The average Bonchev–Trinajstić information content (AvgIpc) is 3.52. The number of hydrogen-bond donors (Lipinski definition) is 6. The summed E-state index contributed by atoms with van der Waals surface area (Å²) in [5.74, 6) is 2.46. The van der Waals surface area contributed by atoms with Crippen molar-refractivity contribution >= 4 is 29.3 Å². The zero-order valence-corrected chi connectivity index (χ0v) is 21.8. The SMILES string of the molecule is CSC1O[C@H]([C@H](NC(=O)[C@@H]2CC[C@H](CCCNC3CC4CC43)CCN2)[C@H](C)Cl)C(O)C(O)[C@H]1O. The molecule has 0 aromatic heterocycles. The van der Waals surface area contributed by atoms with Crippen LogP contribution < -0.4 is 16.0 Å². The maximum Gasteiger partial charge on any atom is 0.237 e. The van der Waals surface area contributed by atoms with Gasteiger partial charge in [0.15, 0.2) is 0 Å². The van der Waals surface area contributed by atoms with Gasteiger partial charge in [-0.1, -0.05) is 0 Å². The lowest BCUT2D eigenvalue weighted by atomic mass is 9.91. The molecular formula is C24H42ClN3O5S. The quantitative estimate of drug-likeness (QED) is 0.185. The number of carbonyl (C=O) groups is 1. The Balaban J connectivity index is 1.24. The van der Waals surface area contributed by atoms with Crippen molar-refractivity contribution in [2.24, 2.45) is 17.8 Å². The van der Waals surface area contributed by atoms with Gasteiger partial charge in [-0.3, -0.25) is 4.79 Å². The van der Waals surface area contributed by atoms with Crippen LogP contribution >= 0.6 is 23.4 Å². The topological polar surface area (TPSA) is 123 Å². The first-order chi connectivity index (χ1) is 16.3. The second kappa shape index (κ2) is 11.9. The van der Waals surface area contributed by atoms with Crippen LogP contribution in [-0.2, 0) is 9.53 Å². The van der Waals surface area contributed by atoms with Crippen LogP contribution in [0.25, 0.3) is 0 Å². The summed E-state index contributed by atoms with van der Waals surface area (Å²) in [7, 11) is 0. The lowest BCUT2D eigenvalue weighted by molar-refractivity contribution is -0.205. The maximum absolute atomic E-state index is 13.1. The number of aliphatic hydroxyl groups excluding tert-OH is 3. The predicted molar refractivity (Wildman–Crippen MR) is 134 cm³/mol. The van der Waals surface area contributed by atoms with Crippen molar-refractivity contribution in [2.45, 2.75) is 105 Å². The molecule has 8 nitrogen and oxygen atoms in total. The van der Waals surface area contributed by atoms with Crippen LogP contribution in [-0.4, -0.2) is 93.9 Å². The van der Waals surface area contributed by atoms with Crippen LogP contribution in [0, 0.1) is 17.8 Å². The van der Waals surface area contributed by atoms with Crippen molar-refractivity contribution in [2.75, 3.05) is 19.3 Å². The van der Waals surface area contributed by atoms with Crippen molar-refractivity contribution in [1.29, 1.82) is 0 Å². The van der Waals surface area contributed by atoms with Gasteiger partial charge in [-0.25, -0.2) is 0 Å². The number of thioether (sulfide) groups is 1. The molecule has 6 unspecified atom stereocenters. The Morgan fingerprint density at radius 3 is 2.62 bits per heavy atom. The molecule has 2 saturated carbocycles. The Morgan fingerprint density at radius 2 is 1.97 bits per heavy atom. The van der Waals surface area contributed by atoms with E-state index in [1.165, 1.54) is 37.4 Å². The van der Waals surface area contributed by atoms with Crippen LogP contribution in [0.3, 0.4) is 0 Å². The van der Waals surface area contributed by atoms with Gasteiger partial charge in [0.2, 0.25) is 5.91 Å². The van der Waals surface area contributed by atoms with E-state index in [1.54, 1.807) is 13.2 Å². The molecule has 1 amide bonds. The van der Waals surface area contributed by atoms with E-state index in [-0.39, 0.29) is 11.9 Å². The van der Waals surface area contributed by atoms with Gasteiger partial charge in [0.1, 0.15) is 29.9 Å². The van der Waals surface area contributed by atoms with E-state index >= 15 is 0 Å². The zero-order chi connectivity index (χ0) is 24.4. The van der Waals surface area contributed by atoms with Crippen molar-refractivity contribution < 1.29 is 24.9 Å². The summed E-state index contributed by atoms with van der Waals surface area (Å²) < 4.78 is 5.85. The van der Waals surface area contributed by atoms with E-state index in [1.807, 2.05) is 0 Å². The summed E-state index contributed by atoms with van der Waals surface area (Å²) in [4.78, 5) is 13.1. The highest BCUT2D eigenvalue weighted by molar-refractivity contribution is 7.99. The first-order valence-electron chi connectivity index (χ1n) is 12.9. The number of aliphatic hydroxyl groups is 3. The molecule has 0 radical (unpaired) electrons. The Bertz CT molecular complexity index is 689. The summed E-state index contributed by atoms with van der Waals surface area (Å²) in [5, 5.41) is 40.5. The Kier molecular flexibility index (Phi) is 9.46. The number of carbonyl (C=O) groups excluding carboxylic acids is 1. The van der Waals surface area contributed by atoms with E-state index in [0.29, 0.717) is 5.92 Å². The molecule has 0 spiro atoms. The molecule has 2 saturated heterocycles. The normalized spacial score (nSPS) is 43.7. The number of hydrogen-bond acceptors (Lipinski definition) is 8. The summed E-state index contributed by atoms with van der Waals surface area (Å²) in [6.07, 6.45) is 4.91. The van der Waals surface area contributed by atoms with Gasteiger partial charge >= 0.3 is 0 Å². The fraction of sp³-hybridized carbons (Fsp3) is 0.958. The summed E-state index contributed by atoms with van der Waals surface area (Å²) >= 11 is 7.63. The van der Waals surface area contributed by atoms with Crippen molar-refractivity contribution in [1.82, 2.24) is 16.0 Å². The smallest absolute Gasteiger partial charge is 0.237 e. The average molecular weight is 520 g/mol. The van der Waals surface area contributed by atoms with Gasteiger partial charge in [-0.05, 0) is 89.0 Å². The Morgan fingerprint density at radius 1 is 1.18 bits per heavy atom. The fourth-order valence-electron chi connectivity index (χ4n) is 5.96. The number of nitrogens with one attached hydrogen (secondary N) is 3. The lowest BCUT2D eigenvalue weighted by Gasteiger charge is -2.44. The van der Waals surface area contributed by atoms with Crippen molar-refractivity contribution in [3.8, 4) is 0 Å². The first-order valence-corrected chi connectivity index (χ1v) is 14.7. The third kappa shape index (κ3) is 6.22. The van der Waals surface area contributed by atoms with Crippen molar-refractivity contribution in [3.63, 3.8) is 0 Å². The second-order valence-electron chi connectivity index (χ2n) is 10.7. The molecule has 6 N–H and O–H groups in total. The second-order valence-corrected chi connectivity index (χ2v) is 12.3. The summed E-state index contributed by atoms with van der Waals surface area (Å²) in [6, 6.07) is -0.255. The molecule has 12 atom stereocenters. The van der Waals surface area contributed by atoms with Gasteiger partial charge in [0, 0.05) is 6.04 Å². The Hall–Kier alpha value is -0.130. The number of alkyl halides is 1. The van der Waals surface area contributed by atoms with Gasteiger partial charge in [0.05, 0.1) is 17.5 Å². The number of halogens is 1. The van der Waals surface area contributed by atoms with Crippen LogP contribution in [0.15, 0.2) is 0 Å². The van der Waals surface area contributed by atoms with Crippen LogP contribution in [0.5, 0.6) is 0 Å². The highest BCUT2D eigenvalue weighted by Crippen LogP contribution is 2.55. The summed E-state index contributed by atoms with van der Waals surface area (Å²) in [5.41, 5.74) is -0.709. The minimum Gasteiger partial charge on any atom is -0.388 e. The fourth-order valence-corrected chi connectivity index (χ4v) is 6.85. The molecule has 0 aromatic carbocycles. The molecule has 0 aromatic rings. The minimum atomic E-state index is -1.37. The van der Waals surface area contributed by atoms with Crippen LogP contribution in [0.2, 0.25) is 0 Å². The lowest BCUT2D eigenvalue weighted by Crippen LogP contribution is -2.65. The monoisotopic (exact) mass is 519 g/mol. The highest BCUT2D eigenvalue weighted by atomic mass is 35.5. The van der Waals surface area contributed by atoms with E-state index in [9.17, 15) is 20.1 Å². The maximum atomic E-state index is 13.1. The molecule has 2 aliphatic carbocycles. The number of rotatable bonds is 10. The number of amides is 1. The van der Waals surface area contributed by atoms with Gasteiger partial charge in [-0.2, -0.15) is 0 Å². The van der Waals surface area contributed by atoms with Gasteiger partial charge < -0.3 is 36.0 Å². The first kappa shape index (κ1) is 26.9. The van der Waals surface area contributed by atoms with Crippen LogP contribution in [0.4, 0.5) is 0 Å². The molecule has 2 heterocycles. The van der Waals surface area contributed by atoms with Gasteiger partial charge in [0.25, 0.3) is 0 Å². The van der Waals surface area contributed by atoms with Crippen LogP contribution in [0.1, 0.15) is 51.9 Å². The minimum absolute atomic E-state index is 0.166.